The number of benzene rings is 1. The van der Waals surface area contributed by atoms with E-state index in [-0.39, 0.29) is 5.75 Å². The summed E-state index contributed by atoms with van der Waals surface area (Å²) in [5.41, 5.74) is 0.571. The summed E-state index contributed by atoms with van der Waals surface area (Å²) in [6.07, 6.45) is 3.35. The van der Waals surface area contributed by atoms with E-state index in [0.29, 0.717) is 28.2 Å². The van der Waals surface area contributed by atoms with E-state index >= 15 is 0 Å². The lowest BCUT2D eigenvalue weighted by atomic mass is 10.2. The summed E-state index contributed by atoms with van der Waals surface area (Å²) < 4.78 is 5.16. The lowest BCUT2D eigenvalue weighted by Crippen LogP contribution is -1.89. The van der Waals surface area contributed by atoms with Crippen LogP contribution in [-0.4, -0.2) is 15.2 Å². The van der Waals surface area contributed by atoms with Crippen LogP contribution >= 0.6 is 11.6 Å². The summed E-state index contributed by atoms with van der Waals surface area (Å²) in [5.74, 6) is 1.91. The maximum atomic E-state index is 9.41. The van der Waals surface area contributed by atoms with Gasteiger partial charge in [-0.3, -0.25) is 0 Å². The number of hydrogen-bond acceptors (Lipinski definition) is 4. The minimum atomic E-state index is 0.131. The molecule has 1 N–H and O–H groups in total. The fourth-order valence-corrected chi connectivity index (χ4v) is 1.90. The molecule has 1 saturated carbocycles. The van der Waals surface area contributed by atoms with Gasteiger partial charge in [-0.1, -0.05) is 16.8 Å². The second kappa shape index (κ2) is 4.04. The van der Waals surface area contributed by atoms with E-state index in [4.69, 9.17) is 16.1 Å². The number of hydrogen-bond donors (Lipinski definition) is 1. The van der Waals surface area contributed by atoms with Gasteiger partial charge in [0, 0.05) is 6.42 Å². The van der Waals surface area contributed by atoms with Crippen molar-refractivity contribution in [1.29, 1.82) is 0 Å². The van der Waals surface area contributed by atoms with Crippen molar-refractivity contribution in [2.24, 2.45) is 5.92 Å². The van der Waals surface area contributed by atoms with Crippen LogP contribution in [0.2, 0.25) is 5.02 Å². The summed E-state index contributed by atoms with van der Waals surface area (Å²) in [6.45, 7) is 0. The molecule has 1 aliphatic rings. The number of nitrogens with zero attached hydrogens (tertiary/aromatic N) is 2. The van der Waals surface area contributed by atoms with Gasteiger partial charge in [-0.2, -0.15) is 4.98 Å². The van der Waals surface area contributed by atoms with Crippen LogP contribution < -0.4 is 0 Å². The van der Waals surface area contributed by atoms with Crippen LogP contribution in [0.15, 0.2) is 22.7 Å². The normalized spacial score (nSPS) is 15.1. The van der Waals surface area contributed by atoms with E-state index in [1.807, 2.05) is 0 Å². The standard InChI is InChI=1S/C12H11ClN2O2/c13-10-4-3-8(16)6-9(10)12-14-11(15-17-12)5-7-1-2-7/h3-4,6-7,16H,1-2,5H2. The lowest BCUT2D eigenvalue weighted by molar-refractivity contribution is 0.420. The minimum absolute atomic E-state index is 0.131. The van der Waals surface area contributed by atoms with Crippen LogP contribution in [-0.2, 0) is 6.42 Å². The predicted molar refractivity (Wildman–Crippen MR) is 62.8 cm³/mol. The molecule has 0 bridgehead atoms. The topological polar surface area (TPSA) is 59.2 Å². The molecule has 0 amide bonds. The Hall–Kier alpha value is -1.55. The highest BCUT2D eigenvalue weighted by molar-refractivity contribution is 6.33. The van der Waals surface area contributed by atoms with Crippen molar-refractivity contribution >= 4 is 11.6 Å². The molecule has 1 aliphatic carbocycles. The fourth-order valence-electron chi connectivity index (χ4n) is 1.70. The Labute approximate surface area is 103 Å². The lowest BCUT2D eigenvalue weighted by Gasteiger charge is -1.98. The zero-order valence-electron chi connectivity index (χ0n) is 9.06. The number of aromatic nitrogens is 2. The molecular weight excluding hydrogens is 240 g/mol. The molecule has 88 valence electrons. The van der Waals surface area contributed by atoms with Gasteiger partial charge in [-0.05, 0) is 37.0 Å². The Morgan fingerprint density at radius 1 is 1.41 bits per heavy atom. The van der Waals surface area contributed by atoms with E-state index in [0.717, 1.165) is 6.42 Å². The zero-order valence-corrected chi connectivity index (χ0v) is 9.81. The van der Waals surface area contributed by atoms with E-state index in [1.54, 1.807) is 6.07 Å². The van der Waals surface area contributed by atoms with Crippen molar-refractivity contribution in [1.82, 2.24) is 10.1 Å². The third-order valence-corrected chi connectivity index (χ3v) is 3.15. The molecule has 0 spiro atoms. The molecule has 2 aromatic rings. The smallest absolute Gasteiger partial charge is 0.259 e. The van der Waals surface area contributed by atoms with E-state index < -0.39 is 0 Å². The van der Waals surface area contributed by atoms with Gasteiger partial charge in [0.1, 0.15) is 5.75 Å². The maximum absolute atomic E-state index is 9.41. The average molecular weight is 251 g/mol. The molecule has 0 radical (unpaired) electrons. The number of rotatable bonds is 3. The van der Waals surface area contributed by atoms with Crippen LogP contribution in [0.1, 0.15) is 18.7 Å². The first-order valence-electron chi connectivity index (χ1n) is 5.54. The molecule has 5 heteroatoms. The van der Waals surface area contributed by atoms with Gasteiger partial charge in [-0.25, -0.2) is 0 Å². The largest absolute Gasteiger partial charge is 0.508 e. The van der Waals surface area contributed by atoms with Crippen molar-refractivity contribution in [2.75, 3.05) is 0 Å². The summed E-state index contributed by atoms with van der Waals surface area (Å²) in [7, 11) is 0. The molecule has 1 aromatic heterocycles. The summed E-state index contributed by atoms with van der Waals surface area (Å²) in [6, 6.07) is 4.65. The summed E-state index contributed by atoms with van der Waals surface area (Å²) in [5, 5.41) is 13.8. The molecule has 1 aromatic carbocycles. The van der Waals surface area contributed by atoms with E-state index in [2.05, 4.69) is 10.1 Å². The predicted octanol–water partition coefficient (Wildman–Crippen LogP) is 3.05. The SMILES string of the molecule is Oc1ccc(Cl)c(-c2nc(CC3CC3)no2)c1. The van der Waals surface area contributed by atoms with Crippen LogP contribution in [0.3, 0.4) is 0 Å². The Kier molecular flexibility index (Phi) is 2.52. The van der Waals surface area contributed by atoms with Gasteiger partial charge < -0.3 is 9.63 Å². The van der Waals surface area contributed by atoms with Crippen LogP contribution in [0.25, 0.3) is 11.5 Å². The molecule has 4 nitrogen and oxygen atoms in total. The molecule has 0 saturated heterocycles. The Morgan fingerprint density at radius 2 is 2.24 bits per heavy atom. The summed E-state index contributed by atoms with van der Waals surface area (Å²) in [4.78, 5) is 4.29. The highest BCUT2D eigenvalue weighted by Crippen LogP contribution is 2.33. The molecule has 3 rings (SSSR count). The highest BCUT2D eigenvalue weighted by Gasteiger charge is 2.24. The highest BCUT2D eigenvalue weighted by atomic mass is 35.5. The van der Waals surface area contributed by atoms with E-state index in [1.165, 1.54) is 25.0 Å². The first kappa shape index (κ1) is 10.6. The second-order valence-corrected chi connectivity index (χ2v) is 4.73. The Bertz CT molecular complexity index is 549. The molecule has 0 atom stereocenters. The van der Waals surface area contributed by atoms with Crippen LogP contribution in [0.4, 0.5) is 0 Å². The quantitative estimate of drug-likeness (QED) is 0.910. The van der Waals surface area contributed by atoms with Crippen LogP contribution in [0.5, 0.6) is 5.75 Å². The van der Waals surface area contributed by atoms with Gasteiger partial charge in [0.05, 0.1) is 10.6 Å². The zero-order chi connectivity index (χ0) is 11.8. The van der Waals surface area contributed by atoms with Crippen molar-refractivity contribution < 1.29 is 9.63 Å². The van der Waals surface area contributed by atoms with Gasteiger partial charge in [-0.15, -0.1) is 0 Å². The molecule has 0 unspecified atom stereocenters. The molecule has 1 heterocycles. The average Bonchev–Trinajstić information content (AvgIpc) is 2.99. The Balaban J connectivity index is 1.91. The number of aromatic hydroxyl groups is 1. The molecule has 0 aliphatic heterocycles. The van der Waals surface area contributed by atoms with Gasteiger partial charge in [0.15, 0.2) is 5.82 Å². The first-order chi connectivity index (χ1) is 8.22. The maximum Gasteiger partial charge on any atom is 0.259 e. The number of phenolic OH excluding ortho intramolecular Hbond substituents is 1. The van der Waals surface area contributed by atoms with Crippen molar-refractivity contribution in [3.63, 3.8) is 0 Å². The monoisotopic (exact) mass is 250 g/mol. The fraction of sp³-hybridized carbons (Fsp3) is 0.333. The van der Waals surface area contributed by atoms with Gasteiger partial charge >= 0.3 is 0 Å². The third kappa shape index (κ3) is 2.26. The molecule has 17 heavy (non-hydrogen) atoms. The van der Waals surface area contributed by atoms with Crippen molar-refractivity contribution in [3.8, 4) is 17.2 Å². The van der Waals surface area contributed by atoms with E-state index in [9.17, 15) is 5.11 Å². The van der Waals surface area contributed by atoms with Gasteiger partial charge in [0.2, 0.25) is 0 Å². The Morgan fingerprint density at radius 3 is 3.00 bits per heavy atom. The third-order valence-electron chi connectivity index (χ3n) is 2.82. The minimum Gasteiger partial charge on any atom is -0.508 e. The first-order valence-corrected chi connectivity index (χ1v) is 5.91. The van der Waals surface area contributed by atoms with Crippen molar-refractivity contribution in [3.05, 3.63) is 29.0 Å². The number of halogens is 1. The summed E-state index contributed by atoms with van der Waals surface area (Å²) >= 11 is 6.02. The van der Waals surface area contributed by atoms with Crippen LogP contribution in [0, 0.1) is 5.92 Å². The van der Waals surface area contributed by atoms with Gasteiger partial charge in [0.25, 0.3) is 5.89 Å². The molecule has 1 fully saturated rings. The van der Waals surface area contributed by atoms with Crippen molar-refractivity contribution in [2.45, 2.75) is 19.3 Å². The molecular formula is C12H11ClN2O2. The second-order valence-electron chi connectivity index (χ2n) is 4.33. The number of phenols is 1.